The number of carbonyl (C=O) groups is 1. The third-order valence-corrected chi connectivity index (χ3v) is 4.90. The van der Waals surface area contributed by atoms with Gasteiger partial charge in [0.2, 0.25) is 11.2 Å². The van der Waals surface area contributed by atoms with E-state index in [1.165, 1.54) is 11.8 Å². The number of nitrogens with zero attached hydrogens (tertiary/aromatic N) is 1. The Labute approximate surface area is 120 Å². The van der Waals surface area contributed by atoms with Gasteiger partial charge in [0, 0.05) is 11.4 Å². The van der Waals surface area contributed by atoms with Gasteiger partial charge in [0.05, 0.1) is 10.9 Å². The second kappa shape index (κ2) is 3.97. The van der Waals surface area contributed by atoms with Crippen LogP contribution in [-0.4, -0.2) is 22.2 Å². The van der Waals surface area contributed by atoms with Crippen molar-refractivity contribution in [2.24, 2.45) is 0 Å². The molecule has 4 rings (SSSR count). The molecule has 21 heavy (non-hydrogen) atoms. The number of ether oxygens (including phenoxy) is 1. The summed E-state index contributed by atoms with van der Waals surface area (Å²) in [7, 11) is 0. The molecule has 1 unspecified atom stereocenters. The monoisotopic (exact) mass is 311 g/mol. The molecule has 0 radical (unpaired) electrons. The first-order chi connectivity index (χ1) is 10.0. The van der Waals surface area contributed by atoms with Gasteiger partial charge in [-0.3, -0.25) is 4.79 Å². The number of halogens is 2. The van der Waals surface area contributed by atoms with Crippen molar-refractivity contribution in [1.82, 2.24) is 4.57 Å². The highest BCUT2D eigenvalue weighted by molar-refractivity contribution is 7.98. The van der Waals surface area contributed by atoms with E-state index in [0.29, 0.717) is 11.4 Å². The van der Waals surface area contributed by atoms with E-state index in [1.807, 2.05) is 0 Å². The zero-order valence-corrected chi connectivity index (χ0v) is 11.2. The van der Waals surface area contributed by atoms with E-state index in [-0.39, 0.29) is 34.2 Å². The van der Waals surface area contributed by atoms with Gasteiger partial charge in [-0.05, 0) is 6.07 Å². The average Bonchev–Trinajstić information content (AvgIpc) is 2.86. The molecule has 0 saturated carbocycles. The smallest absolute Gasteiger partial charge is 0.341 e. The standard InChI is InChI=1S/C13H7F2NO4S/c14-5-1-4-10-12(9(5)15)20-2-7-16(10)6(3-21-7)8(11(4)17)13(18)19/h1,7H,2-3H2,(H,18,19). The van der Waals surface area contributed by atoms with Gasteiger partial charge in [0.1, 0.15) is 17.5 Å². The van der Waals surface area contributed by atoms with E-state index in [9.17, 15) is 23.5 Å². The predicted octanol–water partition coefficient (Wildman–Crippen LogP) is 2.12. The van der Waals surface area contributed by atoms with E-state index in [4.69, 9.17) is 4.74 Å². The normalized spacial score (nSPS) is 18.9. The fourth-order valence-electron chi connectivity index (χ4n) is 2.87. The fraction of sp³-hybridized carbons (Fsp3) is 0.231. The van der Waals surface area contributed by atoms with Gasteiger partial charge >= 0.3 is 5.97 Å². The molecule has 0 aliphatic carbocycles. The third-order valence-electron chi connectivity index (χ3n) is 3.73. The molecule has 1 atom stereocenters. The van der Waals surface area contributed by atoms with Crippen molar-refractivity contribution >= 4 is 28.6 Å². The molecular formula is C13H7F2NO4S. The summed E-state index contributed by atoms with van der Waals surface area (Å²) < 4.78 is 34.3. The summed E-state index contributed by atoms with van der Waals surface area (Å²) in [6, 6.07) is 0.741. The molecule has 1 N–H and O–H groups in total. The van der Waals surface area contributed by atoms with Crippen LogP contribution in [0.4, 0.5) is 8.78 Å². The van der Waals surface area contributed by atoms with Crippen LogP contribution >= 0.6 is 11.8 Å². The van der Waals surface area contributed by atoms with Crippen LogP contribution in [-0.2, 0) is 5.75 Å². The highest BCUT2D eigenvalue weighted by Gasteiger charge is 2.37. The molecule has 0 fully saturated rings. The number of rotatable bonds is 1. The lowest BCUT2D eigenvalue weighted by molar-refractivity contribution is 0.0693. The molecule has 108 valence electrons. The number of hydrogen-bond donors (Lipinski definition) is 1. The van der Waals surface area contributed by atoms with Crippen molar-refractivity contribution in [2.75, 3.05) is 6.61 Å². The molecule has 2 aliphatic heterocycles. The van der Waals surface area contributed by atoms with Crippen LogP contribution in [0.2, 0.25) is 0 Å². The molecule has 1 aromatic heterocycles. The van der Waals surface area contributed by atoms with Crippen molar-refractivity contribution in [3.8, 4) is 5.75 Å². The molecule has 0 amide bonds. The zero-order valence-electron chi connectivity index (χ0n) is 10.4. The lowest BCUT2D eigenvalue weighted by atomic mass is 10.1. The van der Waals surface area contributed by atoms with Gasteiger partial charge in [-0.1, -0.05) is 0 Å². The zero-order chi connectivity index (χ0) is 14.9. The lowest BCUT2D eigenvalue weighted by Crippen LogP contribution is -2.27. The SMILES string of the molecule is O=C(O)c1c2n3c4c(c(F)c(F)cc4c1=O)OCC3SC2. The number of carboxylic acid groups (broad SMARTS) is 1. The summed E-state index contributed by atoms with van der Waals surface area (Å²) in [6.45, 7) is 0.0993. The minimum Gasteiger partial charge on any atom is -0.485 e. The fourth-order valence-corrected chi connectivity index (χ4v) is 4.04. The Hall–Kier alpha value is -2.09. The van der Waals surface area contributed by atoms with Crippen LogP contribution in [0.15, 0.2) is 10.9 Å². The number of pyridine rings is 1. The van der Waals surface area contributed by atoms with Crippen LogP contribution in [0.25, 0.3) is 10.9 Å². The van der Waals surface area contributed by atoms with Gasteiger partial charge in [0.15, 0.2) is 11.6 Å². The van der Waals surface area contributed by atoms with E-state index in [1.54, 1.807) is 4.57 Å². The van der Waals surface area contributed by atoms with E-state index in [2.05, 4.69) is 0 Å². The van der Waals surface area contributed by atoms with E-state index < -0.39 is 23.0 Å². The van der Waals surface area contributed by atoms with Gasteiger partial charge in [-0.15, -0.1) is 11.8 Å². The highest BCUT2D eigenvalue weighted by atomic mass is 32.2. The van der Waals surface area contributed by atoms with Gasteiger partial charge < -0.3 is 14.4 Å². The summed E-state index contributed by atoms with van der Waals surface area (Å²) >= 11 is 1.40. The maximum Gasteiger partial charge on any atom is 0.341 e. The molecule has 2 aliphatic rings. The quantitative estimate of drug-likeness (QED) is 0.873. The Balaban J connectivity index is 2.30. The molecule has 1 aromatic carbocycles. The van der Waals surface area contributed by atoms with Crippen molar-refractivity contribution in [2.45, 2.75) is 11.1 Å². The minimum absolute atomic E-state index is 0.0993. The maximum atomic E-state index is 13.9. The average molecular weight is 311 g/mol. The summed E-state index contributed by atoms with van der Waals surface area (Å²) in [4.78, 5) is 23.7. The van der Waals surface area contributed by atoms with Crippen LogP contribution in [0.1, 0.15) is 21.4 Å². The minimum atomic E-state index is -1.36. The first-order valence-electron chi connectivity index (χ1n) is 6.07. The Kier molecular flexibility index (Phi) is 2.39. The molecule has 5 nitrogen and oxygen atoms in total. The summed E-state index contributed by atoms with van der Waals surface area (Å²) in [5.74, 6) is -3.75. The first-order valence-corrected chi connectivity index (χ1v) is 7.12. The Morgan fingerprint density at radius 1 is 1.48 bits per heavy atom. The maximum absolute atomic E-state index is 13.9. The predicted molar refractivity (Wildman–Crippen MR) is 70.9 cm³/mol. The van der Waals surface area contributed by atoms with Crippen LogP contribution in [0.5, 0.6) is 5.75 Å². The number of benzene rings is 1. The van der Waals surface area contributed by atoms with E-state index in [0.717, 1.165) is 6.07 Å². The van der Waals surface area contributed by atoms with Crippen LogP contribution < -0.4 is 10.2 Å². The first kappa shape index (κ1) is 12.6. The molecule has 2 aromatic rings. The summed E-state index contributed by atoms with van der Waals surface area (Å²) in [5.41, 5.74) is -0.724. The Morgan fingerprint density at radius 3 is 2.95 bits per heavy atom. The second-order valence-corrected chi connectivity index (χ2v) is 5.97. The molecule has 0 saturated heterocycles. The van der Waals surface area contributed by atoms with Crippen LogP contribution in [0.3, 0.4) is 0 Å². The van der Waals surface area contributed by atoms with Crippen molar-refractivity contribution in [3.05, 3.63) is 39.2 Å². The van der Waals surface area contributed by atoms with Crippen molar-refractivity contribution in [3.63, 3.8) is 0 Å². The molecule has 0 bridgehead atoms. The van der Waals surface area contributed by atoms with Gasteiger partial charge in [-0.25, -0.2) is 9.18 Å². The van der Waals surface area contributed by atoms with Crippen LogP contribution in [0, 0.1) is 11.6 Å². The number of aromatic carboxylic acids is 1. The number of carboxylic acids is 1. The Bertz CT molecular complexity index is 892. The molecular weight excluding hydrogens is 304 g/mol. The number of aromatic nitrogens is 1. The topological polar surface area (TPSA) is 68.5 Å². The van der Waals surface area contributed by atoms with Crippen molar-refractivity contribution in [1.29, 1.82) is 0 Å². The molecule has 0 spiro atoms. The third kappa shape index (κ3) is 1.45. The largest absolute Gasteiger partial charge is 0.485 e. The summed E-state index contributed by atoms with van der Waals surface area (Å²) in [5, 5.41) is 8.86. The number of thioether (sulfide) groups is 1. The summed E-state index contributed by atoms with van der Waals surface area (Å²) in [6.07, 6.45) is 0. The highest BCUT2D eigenvalue weighted by Crippen LogP contribution is 2.45. The number of hydrogen-bond acceptors (Lipinski definition) is 4. The van der Waals surface area contributed by atoms with Gasteiger partial charge in [0.25, 0.3) is 0 Å². The second-order valence-electron chi connectivity index (χ2n) is 4.80. The van der Waals surface area contributed by atoms with E-state index >= 15 is 0 Å². The lowest BCUT2D eigenvalue weighted by Gasteiger charge is -2.26. The molecule has 3 heterocycles. The van der Waals surface area contributed by atoms with Crippen molar-refractivity contribution < 1.29 is 23.4 Å². The van der Waals surface area contributed by atoms with Gasteiger partial charge in [-0.2, -0.15) is 4.39 Å². The Morgan fingerprint density at radius 2 is 2.24 bits per heavy atom. The molecule has 8 heteroatoms.